The van der Waals surface area contributed by atoms with E-state index in [-0.39, 0.29) is 0 Å². The van der Waals surface area contributed by atoms with E-state index in [2.05, 4.69) is 22.4 Å². The highest BCUT2D eigenvalue weighted by molar-refractivity contribution is 7.22. The van der Waals surface area contributed by atoms with Gasteiger partial charge in [0, 0.05) is 13.7 Å². The quantitative estimate of drug-likeness (QED) is 0.859. The normalized spacial score (nSPS) is 14.7. The lowest BCUT2D eigenvalue weighted by Crippen LogP contribution is -2.06. The van der Waals surface area contributed by atoms with E-state index in [1.165, 1.54) is 41.5 Å². The molecule has 96 valence electrons. The van der Waals surface area contributed by atoms with Crippen molar-refractivity contribution in [3.63, 3.8) is 0 Å². The SMILES string of the molecule is COCCNc1nc2cc3c(cc2s1)CCCC3. The summed E-state index contributed by atoms with van der Waals surface area (Å²) < 4.78 is 6.33. The molecule has 1 aliphatic carbocycles. The number of thiazole rings is 1. The van der Waals surface area contributed by atoms with Gasteiger partial charge in [0.1, 0.15) is 0 Å². The lowest BCUT2D eigenvalue weighted by Gasteiger charge is -2.14. The van der Waals surface area contributed by atoms with Crippen molar-refractivity contribution in [1.29, 1.82) is 0 Å². The number of methoxy groups -OCH3 is 1. The number of benzene rings is 1. The smallest absolute Gasteiger partial charge is 0.183 e. The molecular weight excluding hydrogens is 244 g/mol. The molecular formula is C14H18N2OS. The number of ether oxygens (including phenoxy) is 1. The van der Waals surface area contributed by atoms with Gasteiger partial charge in [-0.3, -0.25) is 0 Å². The summed E-state index contributed by atoms with van der Waals surface area (Å²) in [4.78, 5) is 4.64. The van der Waals surface area contributed by atoms with Crippen molar-refractivity contribution in [1.82, 2.24) is 4.98 Å². The molecule has 3 nitrogen and oxygen atoms in total. The summed E-state index contributed by atoms with van der Waals surface area (Å²) in [7, 11) is 1.72. The number of aryl methyl sites for hydroxylation is 2. The van der Waals surface area contributed by atoms with Gasteiger partial charge < -0.3 is 10.1 Å². The van der Waals surface area contributed by atoms with E-state index in [1.807, 2.05) is 0 Å². The van der Waals surface area contributed by atoms with Gasteiger partial charge in [-0.25, -0.2) is 4.98 Å². The van der Waals surface area contributed by atoms with Crippen molar-refractivity contribution in [3.8, 4) is 0 Å². The molecule has 18 heavy (non-hydrogen) atoms. The molecule has 1 aromatic heterocycles. The number of fused-ring (bicyclic) bond motifs is 2. The van der Waals surface area contributed by atoms with Crippen LogP contribution in [-0.4, -0.2) is 25.2 Å². The third kappa shape index (κ3) is 2.35. The molecule has 0 fully saturated rings. The first-order chi connectivity index (χ1) is 8.86. The second kappa shape index (κ2) is 5.24. The van der Waals surface area contributed by atoms with Gasteiger partial charge in [-0.1, -0.05) is 11.3 Å². The third-order valence-corrected chi connectivity index (χ3v) is 4.41. The van der Waals surface area contributed by atoms with Gasteiger partial charge in [-0.2, -0.15) is 0 Å². The maximum Gasteiger partial charge on any atom is 0.183 e. The van der Waals surface area contributed by atoms with Crippen molar-refractivity contribution in [2.24, 2.45) is 0 Å². The molecule has 0 saturated heterocycles. The minimum atomic E-state index is 0.715. The Kier molecular flexibility index (Phi) is 3.48. The molecule has 0 atom stereocenters. The fraction of sp³-hybridized carbons (Fsp3) is 0.500. The fourth-order valence-electron chi connectivity index (χ4n) is 2.49. The summed E-state index contributed by atoms with van der Waals surface area (Å²) in [5, 5.41) is 4.31. The number of rotatable bonds is 4. The van der Waals surface area contributed by atoms with Crippen LogP contribution in [0.5, 0.6) is 0 Å². The van der Waals surface area contributed by atoms with Crippen LogP contribution in [0.4, 0.5) is 5.13 Å². The highest BCUT2D eigenvalue weighted by atomic mass is 32.1. The Bertz CT molecular complexity index is 507. The minimum Gasteiger partial charge on any atom is -0.383 e. The molecule has 0 bridgehead atoms. The van der Waals surface area contributed by atoms with Gasteiger partial charge in [0.15, 0.2) is 5.13 Å². The predicted molar refractivity (Wildman–Crippen MR) is 76.6 cm³/mol. The molecule has 1 N–H and O–H groups in total. The summed E-state index contributed by atoms with van der Waals surface area (Å²) in [5.41, 5.74) is 4.17. The van der Waals surface area contributed by atoms with E-state index in [9.17, 15) is 0 Å². The fourth-order valence-corrected chi connectivity index (χ4v) is 3.43. The van der Waals surface area contributed by atoms with E-state index >= 15 is 0 Å². The minimum absolute atomic E-state index is 0.715. The first kappa shape index (κ1) is 11.9. The lowest BCUT2D eigenvalue weighted by atomic mass is 9.92. The molecule has 1 aromatic carbocycles. The molecule has 4 heteroatoms. The largest absolute Gasteiger partial charge is 0.383 e. The molecule has 0 radical (unpaired) electrons. The van der Waals surface area contributed by atoms with Crippen LogP contribution in [0.25, 0.3) is 10.2 Å². The van der Waals surface area contributed by atoms with E-state index < -0.39 is 0 Å². The standard InChI is InChI=1S/C14H18N2OS/c1-17-7-6-15-14-16-12-8-10-4-2-3-5-11(10)9-13(12)18-14/h8-9H,2-7H2,1H3,(H,15,16). The summed E-state index contributed by atoms with van der Waals surface area (Å²) in [6.07, 6.45) is 5.10. The molecule has 0 unspecified atom stereocenters. The van der Waals surface area contributed by atoms with Crippen molar-refractivity contribution < 1.29 is 4.74 Å². The number of nitrogens with one attached hydrogen (secondary N) is 1. The number of hydrogen-bond donors (Lipinski definition) is 1. The summed E-state index contributed by atoms with van der Waals surface area (Å²) in [5.74, 6) is 0. The molecule has 2 aromatic rings. The highest BCUT2D eigenvalue weighted by Gasteiger charge is 2.12. The Morgan fingerprint density at radius 1 is 1.28 bits per heavy atom. The number of anilines is 1. The summed E-state index contributed by atoms with van der Waals surface area (Å²) >= 11 is 1.74. The maximum atomic E-state index is 5.03. The van der Waals surface area contributed by atoms with Gasteiger partial charge in [0.2, 0.25) is 0 Å². The van der Waals surface area contributed by atoms with Crippen LogP contribution in [0.3, 0.4) is 0 Å². The highest BCUT2D eigenvalue weighted by Crippen LogP contribution is 2.31. The number of aromatic nitrogens is 1. The Morgan fingerprint density at radius 2 is 2.06 bits per heavy atom. The average molecular weight is 262 g/mol. The Balaban J connectivity index is 1.87. The van der Waals surface area contributed by atoms with Crippen molar-refractivity contribution in [2.45, 2.75) is 25.7 Å². The maximum absolute atomic E-state index is 5.03. The summed E-state index contributed by atoms with van der Waals surface area (Å²) in [6.45, 7) is 1.53. The Hall–Kier alpha value is -1.13. The number of hydrogen-bond acceptors (Lipinski definition) is 4. The van der Waals surface area contributed by atoms with Crippen LogP contribution in [0, 0.1) is 0 Å². The molecule has 0 saturated carbocycles. The van der Waals surface area contributed by atoms with Gasteiger partial charge in [-0.05, 0) is 48.9 Å². The van der Waals surface area contributed by atoms with Crippen LogP contribution in [-0.2, 0) is 17.6 Å². The third-order valence-electron chi connectivity index (χ3n) is 3.43. The monoisotopic (exact) mass is 262 g/mol. The predicted octanol–water partition coefficient (Wildman–Crippen LogP) is 3.23. The lowest BCUT2D eigenvalue weighted by molar-refractivity contribution is 0.211. The van der Waals surface area contributed by atoms with Crippen LogP contribution in [0.2, 0.25) is 0 Å². The molecule has 0 aliphatic heterocycles. The van der Waals surface area contributed by atoms with E-state index in [0.717, 1.165) is 17.2 Å². The molecule has 1 aliphatic rings. The average Bonchev–Trinajstić information content (AvgIpc) is 2.77. The number of nitrogens with zero attached hydrogens (tertiary/aromatic N) is 1. The second-order valence-corrected chi connectivity index (χ2v) is 5.76. The van der Waals surface area contributed by atoms with Crippen LogP contribution in [0.15, 0.2) is 12.1 Å². The summed E-state index contributed by atoms with van der Waals surface area (Å²) in [6, 6.07) is 4.62. The van der Waals surface area contributed by atoms with Gasteiger partial charge in [-0.15, -0.1) is 0 Å². The Labute approximate surface area is 111 Å². The van der Waals surface area contributed by atoms with Crippen molar-refractivity contribution >= 4 is 26.7 Å². The first-order valence-electron chi connectivity index (χ1n) is 6.52. The van der Waals surface area contributed by atoms with Crippen LogP contribution < -0.4 is 5.32 Å². The zero-order valence-electron chi connectivity index (χ0n) is 10.7. The zero-order chi connectivity index (χ0) is 12.4. The zero-order valence-corrected chi connectivity index (χ0v) is 11.5. The van der Waals surface area contributed by atoms with E-state index in [1.54, 1.807) is 18.4 Å². The van der Waals surface area contributed by atoms with Crippen LogP contribution in [0.1, 0.15) is 24.0 Å². The second-order valence-electron chi connectivity index (χ2n) is 4.73. The first-order valence-corrected chi connectivity index (χ1v) is 7.33. The molecule has 0 amide bonds. The van der Waals surface area contributed by atoms with E-state index in [4.69, 9.17) is 4.74 Å². The van der Waals surface area contributed by atoms with Gasteiger partial charge in [0.25, 0.3) is 0 Å². The van der Waals surface area contributed by atoms with Gasteiger partial charge in [0.05, 0.1) is 16.8 Å². The Morgan fingerprint density at radius 3 is 2.83 bits per heavy atom. The molecule has 1 heterocycles. The van der Waals surface area contributed by atoms with Crippen molar-refractivity contribution in [3.05, 3.63) is 23.3 Å². The van der Waals surface area contributed by atoms with Gasteiger partial charge >= 0.3 is 0 Å². The topological polar surface area (TPSA) is 34.1 Å². The molecule has 3 rings (SSSR count). The van der Waals surface area contributed by atoms with Crippen molar-refractivity contribution in [2.75, 3.05) is 25.6 Å². The van der Waals surface area contributed by atoms with E-state index in [0.29, 0.717) is 6.61 Å². The molecule has 0 spiro atoms. The van der Waals surface area contributed by atoms with Crippen LogP contribution >= 0.6 is 11.3 Å².